The van der Waals surface area contributed by atoms with Gasteiger partial charge in [-0.2, -0.15) is 0 Å². The van der Waals surface area contributed by atoms with Crippen molar-refractivity contribution in [3.63, 3.8) is 0 Å². The number of benzene rings is 10. The fraction of sp³-hybridized carbons (Fsp3) is 0.0345. The zero-order chi connectivity index (χ0) is 40.9. The van der Waals surface area contributed by atoms with Crippen molar-refractivity contribution < 1.29 is 4.42 Å². The van der Waals surface area contributed by atoms with Crippen LogP contribution in [0.2, 0.25) is 0 Å². The second-order valence-corrected chi connectivity index (χ2v) is 15.7. The maximum Gasteiger partial charge on any atom is 0.138 e. The maximum absolute atomic E-state index is 7.23. The minimum atomic E-state index is 0.842. The summed E-state index contributed by atoms with van der Waals surface area (Å²) in [5.41, 5.74) is 15.2. The molecule has 0 saturated heterocycles. The SMILES string of the molecule is Cc1ccccc1N(c1ccccc1-c1ccccc1)c1cc2oc3cc(N(c4ccccc4C)c4ccccc4-c4ccccc4)c4ccccc4c3c2c2ccccc12. The first kappa shape index (κ1) is 36.2. The Morgan fingerprint density at radius 3 is 1.03 bits per heavy atom. The molecule has 0 aliphatic rings. The molecule has 0 aliphatic heterocycles. The zero-order valence-corrected chi connectivity index (χ0v) is 34.1. The van der Waals surface area contributed by atoms with E-state index in [2.05, 4.69) is 242 Å². The van der Waals surface area contributed by atoms with Crippen molar-refractivity contribution in [2.24, 2.45) is 0 Å². The monoisotopic (exact) mass is 782 g/mol. The van der Waals surface area contributed by atoms with E-state index in [1.807, 2.05) is 0 Å². The molecule has 0 spiro atoms. The number of hydrogen-bond acceptors (Lipinski definition) is 3. The highest BCUT2D eigenvalue weighted by atomic mass is 16.3. The Kier molecular flexibility index (Phi) is 8.94. The van der Waals surface area contributed by atoms with Gasteiger partial charge in [-0.15, -0.1) is 0 Å². The van der Waals surface area contributed by atoms with Crippen LogP contribution in [0.25, 0.3) is 65.7 Å². The van der Waals surface area contributed by atoms with Gasteiger partial charge in [-0.05, 0) is 71.1 Å². The largest absolute Gasteiger partial charge is 0.456 e. The number of nitrogens with zero attached hydrogens (tertiary/aromatic N) is 2. The van der Waals surface area contributed by atoms with Crippen molar-refractivity contribution >= 4 is 77.6 Å². The predicted octanol–water partition coefficient (Wildman–Crippen LogP) is 16.8. The van der Waals surface area contributed by atoms with Gasteiger partial charge in [0.05, 0.1) is 22.7 Å². The van der Waals surface area contributed by atoms with Gasteiger partial charge >= 0.3 is 0 Å². The third-order valence-corrected chi connectivity index (χ3v) is 12.1. The fourth-order valence-electron chi connectivity index (χ4n) is 9.30. The van der Waals surface area contributed by atoms with Crippen LogP contribution >= 0.6 is 0 Å². The molecule has 0 aliphatic carbocycles. The van der Waals surface area contributed by atoms with Crippen molar-refractivity contribution in [3.05, 3.63) is 230 Å². The van der Waals surface area contributed by atoms with E-state index in [1.54, 1.807) is 0 Å². The van der Waals surface area contributed by atoms with E-state index in [4.69, 9.17) is 4.42 Å². The van der Waals surface area contributed by atoms with Crippen molar-refractivity contribution in [2.75, 3.05) is 9.80 Å². The number of rotatable bonds is 8. The summed E-state index contributed by atoms with van der Waals surface area (Å²) in [5, 5.41) is 6.82. The molecule has 0 N–H and O–H groups in total. The van der Waals surface area contributed by atoms with Crippen LogP contribution < -0.4 is 9.80 Å². The molecule has 0 amide bonds. The van der Waals surface area contributed by atoms with Crippen LogP contribution in [0.3, 0.4) is 0 Å². The highest BCUT2D eigenvalue weighted by Gasteiger charge is 2.26. The third kappa shape index (κ3) is 6.13. The average molecular weight is 783 g/mol. The van der Waals surface area contributed by atoms with Gasteiger partial charge in [-0.1, -0.05) is 182 Å². The topological polar surface area (TPSA) is 19.6 Å². The van der Waals surface area contributed by atoms with Crippen LogP contribution in [0.4, 0.5) is 34.1 Å². The van der Waals surface area contributed by atoms with Gasteiger partial charge < -0.3 is 14.2 Å². The van der Waals surface area contributed by atoms with Gasteiger partial charge in [-0.3, -0.25) is 0 Å². The minimum absolute atomic E-state index is 0.842. The van der Waals surface area contributed by atoms with Gasteiger partial charge in [0.25, 0.3) is 0 Å². The molecule has 1 heterocycles. The second kappa shape index (κ2) is 15.1. The van der Waals surface area contributed by atoms with Crippen molar-refractivity contribution in [1.82, 2.24) is 0 Å². The Labute approximate surface area is 356 Å². The van der Waals surface area contributed by atoms with Crippen molar-refractivity contribution in [2.45, 2.75) is 13.8 Å². The van der Waals surface area contributed by atoms with Crippen LogP contribution in [0.1, 0.15) is 11.1 Å². The minimum Gasteiger partial charge on any atom is -0.456 e. The zero-order valence-electron chi connectivity index (χ0n) is 34.1. The Hall–Kier alpha value is -7.88. The molecule has 0 atom stereocenters. The number of furan rings is 1. The predicted molar refractivity (Wildman–Crippen MR) is 258 cm³/mol. The molecule has 1 aromatic heterocycles. The molecule has 61 heavy (non-hydrogen) atoms. The van der Waals surface area contributed by atoms with Crippen LogP contribution in [0.15, 0.2) is 223 Å². The van der Waals surface area contributed by atoms with Crippen LogP contribution in [-0.2, 0) is 0 Å². The first-order chi connectivity index (χ1) is 30.1. The number of hydrogen-bond donors (Lipinski definition) is 0. The highest BCUT2D eigenvalue weighted by molar-refractivity contribution is 6.30. The smallest absolute Gasteiger partial charge is 0.138 e. The molecule has 0 bridgehead atoms. The Balaban J connectivity index is 1.22. The van der Waals surface area contributed by atoms with Gasteiger partial charge in [0.1, 0.15) is 11.2 Å². The fourth-order valence-corrected chi connectivity index (χ4v) is 9.30. The van der Waals surface area contributed by atoms with E-state index < -0.39 is 0 Å². The summed E-state index contributed by atoms with van der Waals surface area (Å²) in [6.07, 6.45) is 0. The van der Waals surface area contributed by atoms with E-state index in [9.17, 15) is 0 Å². The quantitative estimate of drug-likeness (QED) is 0.153. The number of anilines is 6. The summed E-state index contributed by atoms with van der Waals surface area (Å²) in [4.78, 5) is 4.85. The average Bonchev–Trinajstić information content (AvgIpc) is 3.70. The van der Waals surface area contributed by atoms with E-state index in [0.29, 0.717) is 0 Å². The van der Waals surface area contributed by atoms with Crippen molar-refractivity contribution in [1.29, 1.82) is 0 Å². The van der Waals surface area contributed by atoms with Gasteiger partial charge in [-0.25, -0.2) is 0 Å². The Morgan fingerprint density at radius 2 is 0.623 bits per heavy atom. The van der Waals surface area contributed by atoms with Gasteiger partial charge in [0.2, 0.25) is 0 Å². The molecular formula is C58H42N2O. The molecule has 0 fully saturated rings. The molecule has 11 aromatic rings. The summed E-state index contributed by atoms with van der Waals surface area (Å²) < 4.78 is 7.23. The van der Waals surface area contributed by atoms with Crippen molar-refractivity contribution in [3.8, 4) is 22.3 Å². The molecule has 0 unspecified atom stereocenters. The third-order valence-electron chi connectivity index (χ3n) is 12.1. The summed E-state index contributed by atoms with van der Waals surface area (Å²) in [6.45, 7) is 4.39. The van der Waals surface area contributed by atoms with Gasteiger partial charge in [0.15, 0.2) is 0 Å². The molecular weight excluding hydrogens is 741 g/mol. The Bertz CT molecular complexity index is 3180. The standard InChI is InChI=1S/C58H42N2O/c1-39-21-9-17-33-49(39)59(51-35-19-15-27-43(51)41-23-5-3-6-24-41)53-37-55-57(47-31-13-11-29-45(47)53)58-48-32-14-12-30-46(48)54(38-56(58)61-55)60(50-34-18-10-22-40(50)2)52-36-20-16-28-44(52)42-25-7-4-8-26-42/h3-38H,1-2H3. The number of para-hydroxylation sites is 4. The lowest BCUT2D eigenvalue weighted by molar-refractivity contribution is 0.669. The summed E-state index contributed by atoms with van der Waals surface area (Å²) in [7, 11) is 0. The lowest BCUT2D eigenvalue weighted by Gasteiger charge is -2.30. The molecule has 0 saturated carbocycles. The van der Waals surface area contributed by atoms with Crippen LogP contribution in [0.5, 0.6) is 0 Å². The molecule has 3 nitrogen and oxygen atoms in total. The highest BCUT2D eigenvalue weighted by Crippen LogP contribution is 2.51. The van der Waals surface area contributed by atoms with Crippen LogP contribution in [0, 0.1) is 13.8 Å². The molecule has 290 valence electrons. The summed E-state index contributed by atoms with van der Waals surface area (Å²) >= 11 is 0. The van der Waals surface area contributed by atoms with E-state index in [-0.39, 0.29) is 0 Å². The normalized spacial score (nSPS) is 11.4. The van der Waals surface area contributed by atoms with E-state index in [1.165, 1.54) is 11.1 Å². The van der Waals surface area contributed by atoms with E-state index in [0.717, 1.165) is 99.9 Å². The van der Waals surface area contributed by atoms with Gasteiger partial charge in [0, 0.05) is 56.2 Å². The first-order valence-corrected chi connectivity index (χ1v) is 20.9. The first-order valence-electron chi connectivity index (χ1n) is 20.9. The lowest BCUT2D eigenvalue weighted by atomic mass is 9.95. The molecule has 11 rings (SSSR count). The maximum atomic E-state index is 7.23. The second-order valence-electron chi connectivity index (χ2n) is 15.7. The van der Waals surface area contributed by atoms with E-state index >= 15 is 0 Å². The summed E-state index contributed by atoms with van der Waals surface area (Å²) in [6, 6.07) is 78.3. The number of fused-ring (bicyclic) bond motifs is 7. The van der Waals surface area contributed by atoms with Crippen LogP contribution in [-0.4, -0.2) is 0 Å². The Morgan fingerprint density at radius 1 is 0.295 bits per heavy atom. The number of aryl methyl sites for hydroxylation is 2. The molecule has 3 heteroatoms. The molecule has 0 radical (unpaired) electrons. The molecule has 10 aromatic carbocycles. The lowest BCUT2D eigenvalue weighted by Crippen LogP contribution is -2.13. The summed E-state index contributed by atoms with van der Waals surface area (Å²) in [5.74, 6) is 0.